The van der Waals surface area contributed by atoms with Crippen molar-refractivity contribution in [3.05, 3.63) is 57.5 Å². The minimum atomic E-state index is -0.267. The van der Waals surface area contributed by atoms with Crippen LogP contribution in [0.5, 0.6) is 0 Å². The molecule has 0 aliphatic heterocycles. The van der Waals surface area contributed by atoms with Gasteiger partial charge in [0.25, 0.3) is 5.91 Å². The third kappa shape index (κ3) is 3.51. The maximum atomic E-state index is 13.4. The van der Waals surface area contributed by atoms with Gasteiger partial charge in [0.1, 0.15) is 5.82 Å². The molecule has 0 bridgehead atoms. The van der Waals surface area contributed by atoms with Crippen molar-refractivity contribution in [3.8, 4) is 0 Å². The van der Waals surface area contributed by atoms with Gasteiger partial charge in [-0.2, -0.15) is 0 Å². The lowest BCUT2D eigenvalue weighted by atomic mass is 10.1. The molecule has 1 heterocycles. The van der Waals surface area contributed by atoms with Crippen molar-refractivity contribution in [3.63, 3.8) is 0 Å². The number of hydrogen-bond acceptors (Lipinski definition) is 3. The van der Waals surface area contributed by atoms with Gasteiger partial charge < -0.3 is 5.32 Å². The Balaban J connectivity index is 1.89. The van der Waals surface area contributed by atoms with Gasteiger partial charge in [-0.05, 0) is 37.1 Å². The van der Waals surface area contributed by atoms with E-state index in [1.165, 1.54) is 13.0 Å². The van der Waals surface area contributed by atoms with Gasteiger partial charge in [0.2, 0.25) is 0 Å². The molecule has 0 saturated carbocycles. The Kier molecular flexibility index (Phi) is 4.63. The van der Waals surface area contributed by atoms with Crippen molar-refractivity contribution in [2.45, 2.75) is 13.3 Å². The zero-order valence-corrected chi connectivity index (χ0v) is 11.8. The van der Waals surface area contributed by atoms with E-state index in [9.17, 15) is 14.0 Å². The van der Waals surface area contributed by atoms with Crippen LogP contribution in [0.2, 0.25) is 0 Å². The van der Waals surface area contributed by atoms with Crippen molar-refractivity contribution in [1.82, 2.24) is 5.32 Å². The van der Waals surface area contributed by atoms with Crippen LogP contribution in [0, 0.1) is 5.82 Å². The number of ketones is 1. The molecule has 2 aromatic rings. The Labute approximate surface area is 120 Å². The van der Waals surface area contributed by atoms with E-state index in [1.807, 2.05) is 0 Å². The van der Waals surface area contributed by atoms with Crippen LogP contribution in [0.1, 0.15) is 31.8 Å². The largest absolute Gasteiger partial charge is 0.351 e. The van der Waals surface area contributed by atoms with E-state index >= 15 is 0 Å². The highest BCUT2D eigenvalue weighted by Gasteiger charge is 2.11. The van der Waals surface area contributed by atoms with Crippen molar-refractivity contribution >= 4 is 23.0 Å². The fourth-order valence-electron chi connectivity index (χ4n) is 1.75. The first-order chi connectivity index (χ1) is 9.58. The zero-order chi connectivity index (χ0) is 14.5. The summed E-state index contributed by atoms with van der Waals surface area (Å²) in [4.78, 5) is 24.1. The average molecular weight is 291 g/mol. The van der Waals surface area contributed by atoms with Crippen LogP contribution in [0.4, 0.5) is 4.39 Å². The Hall–Kier alpha value is -2.01. The van der Waals surface area contributed by atoms with Gasteiger partial charge in [0.05, 0.1) is 9.75 Å². The van der Waals surface area contributed by atoms with Gasteiger partial charge in [-0.25, -0.2) is 4.39 Å². The minimum Gasteiger partial charge on any atom is -0.351 e. The SMILES string of the molecule is CC(=O)c1ccc(C(=O)NCCc2ccccc2F)s1. The average Bonchev–Trinajstić information content (AvgIpc) is 2.91. The van der Waals surface area contributed by atoms with Gasteiger partial charge >= 0.3 is 0 Å². The van der Waals surface area contributed by atoms with E-state index in [1.54, 1.807) is 30.3 Å². The molecule has 5 heteroatoms. The van der Waals surface area contributed by atoms with E-state index in [4.69, 9.17) is 0 Å². The molecular formula is C15H14FNO2S. The molecule has 104 valence electrons. The van der Waals surface area contributed by atoms with Gasteiger partial charge in [0, 0.05) is 6.54 Å². The smallest absolute Gasteiger partial charge is 0.261 e. The second kappa shape index (κ2) is 6.43. The summed E-state index contributed by atoms with van der Waals surface area (Å²) in [5, 5.41) is 2.72. The van der Waals surface area contributed by atoms with Gasteiger partial charge in [0.15, 0.2) is 5.78 Å². The van der Waals surface area contributed by atoms with E-state index in [2.05, 4.69) is 5.32 Å². The van der Waals surface area contributed by atoms with Gasteiger partial charge in [-0.3, -0.25) is 9.59 Å². The summed E-state index contributed by atoms with van der Waals surface area (Å²) in [5.74, 6) is -0.559. The van der Waals surface area contributed by atoms with Crippen LogP contribution in [-0.4, -0.2) is 18.2 Å². The molecule has 0 atom stereocenters. The molecule has 2 rings (SSSR count). The van der Waals surface area contributed by atoms with E-state index < -0.39 is 0 Å². The molecule has 0 spiro atoms. The Bertz CT molecular complexity index is 636. The molecule has 3 nitrogen and oxygen atoms in total. The summed E-state index contributed by atoms with van der Waals surface area (Å²) in [5.41, 5.74) is 0.573. The number of carbonyl (C=O) groups excluding carboxylic acids is 2. The number of Topliss-reactive ketones (excluding diaryl/α,β-unsaturated/α-hetero) is 1. The first kappa shape index (κ1) is 14.4. The summed E-state index contributed by atoms with van der Waals surface area (Å²) in [6, 6.07) is 9.75. The van der Waals surface area contributed by atoms with Crippen molar-refractivity contribution < 1.29 is 14.0 Å². The summed E-state index contributed by atoms with van der Waals surface area (Å²) >= 11 is 1.16. The number of nitrogens with one attached hydrogen (secondary N) is 1. The first-order valence-electron chi connectivity index (χ1n) is 6.20. The van der Waals surface area contributed by atoms with Gasteiger partial charge in [-0.15, -0.1) is 11.3 Å². The Morgan fingerprint density at radius 3 is 2.50 bits per heavy atom. The van der Waals surface area contributed by atoms with Crippen LogP contribution in [0.3, 0.4) is 0 Å². The van der Waals surface area contributed by atoms with E-state index in [0.717, 1.165) is 11.3 Å². The highest BCUT2D eigenvalue weighted by atomic mass is 32.1. The predicted molar refractivity (Wildman–Crippen MR) is 76.8 cm³/mol. The number of hydrogen-bond donors (Lipinski definition) is 1. The second-order valence-electron chi connectivity index (χ2n) is 4.32. The molecule has 0 fully saturated rings. The lowest BCUT2D eigenvalue weighted by Gasteiger charge is -2.04. The first-order valence-corrected chi connectivity index (χ1v) is 7.02. The molecule has 0 aliphatic carbocycles. The summed E-state index contributed by atoms with van der Waals surface area (Å²) in [6.45, 7) is 1.82. The normalized spacial score (nSPS) is 10.3. The third-order valence-electron chi connectivity index (χ3n) is 2.81. The van der Waals surface area contributed by atoms with Crippen LogP contribution in [-0.2, 0) is 6.42 Å². The number of benzene rings is 1. The van der Waals surface area contributed by atoms with Crippen LogP contribution >= 0.6 is 11.3 Å². The molecule has 0 saturated heterocycles. The number of carbonyl (C=O) groups is 2. The topological polar surface area (TPSA) is 46.2 Å². The Morgan fingerprint density at radius 2 is 1.85 bits per heavy atom. The van der Waals surface area contributed by atoms with E-state index in [-0.39, 0.29) is 17.5 Å². The fourth-order valence-corrected chi connectivity index (χ4v) is 2.57. The number of rotatable bonds is 5. The summed E-state index contributed by atoms with van der Waals surface area (Å²) in [7, 11) is 0. The molecule has 1 amide bonds. The molecule has 0 aliphatic rings. The standard InChI is InChI=1S/C15H14FNO2S/c1-10(18)13-6-7-14(20-13)15(19)17-9-8-11-4-2-3-5-12(11)16/h2-7H,8-9H2,1H3,(H,17,19). The number of amides is 1. The molecule has 0 unspecified atom stereocenters. The quantitative estimate of drug-likeness (QED) is 0.861. The lowest BCUT2D eigenvalue weighted by molar-refractivity contribution is 0.0957. The Morgan fingerprint density at radius 1 is 1.15 bits per heavy atom. The minimum absolute atomic E-state index is 0.0552. The van der Waals surface area contributed by atoms with Crippen molar-refractivity contribution in [1.29, 1.82) is 0 Å². The predicted octanol–water partition coefficient (Wildman–Crippen LogP) is 3.06. The molecule has 1 N–H and O–H groups in total. The second-order valence-corrected chi connectivity index (χ2v) is 5.40. The third-order valence-corrected chi connectivity index (χ3v) is 4.00. The molecule has 0 radical (unpaired) electrons. The fraction of sp³-hybridized carbons (Fsp3) is 0.200. The van der Waals surface area contributed by atoms with Crippen molar-refractivity contribution in [2.75, 3.05) is 6.54 Å². The van der Waals surface area contributed by atoms with Crippen LogP contribution in [0.25, 0.3) is 0 Å². The van der Waals surface area contributed by atoms with Gasteiger partial charge in [-0.1, -0.05) is 18.2 Å². The molecular weight excluding hydrogens is 277 g/mol. The summed E-state index contributed by atoms with van der Waals surface area (Å²) < 4.78 is 13.4. The highest BCUT2D eigenvalue weighted by molar-refractivity contribution is 7.15. The summed E-state index contributed by atoms with van der Waals surface area (Å²) in [6.07, 6.45) is 0.434. The zero-order valence-electron chi connectivity index (χ0n) is 11.0. The maximum absolute atomic E-state index is 13.4. The monoisotopic (exact) mass is 291 g/mol. The highest BCUT2D eigenvalue weighted by Crippen LogP contribution is 2.16. The lowest BCUT2D eigenvalue weighted by Crippen LogP contribution is -2.25. The maximum Gasteiger partial charge on any atom is 0.261 e. The van der Waals surface area contributed by atoms with Crippen LogP contribution < -0.4 is 5.32 Å². The molecule has 1 aromatic heterocycles. The van der Waals surface area contributed by atoms with E-state index in [0.29, 0.717) is 28.3 Å². The van der Waals surface area contributed by atoms with Crippen LogP contribution in [0.15, 0.2) is 36.4 Å². The molecule has 20 heavy (non-hydrogen) atoms. The number of thiophene rings is 1. The van der Waals surface area contributed by atoms with Crippen molar-refractivity contribution in [2.24, 2.45) is 0 Å². The molecule has 1 aromatic carbocycles. The number of halogens is 1.